The third-order valence-corrected chi connectivity index (χ3v) is 3.51. The van der Waals surface area contributed by atoms with Crippen LogP contribution >= 0.6 is 12.2 Å². The van der Waals surface area contributed by atoms with E-state index in [1.54, 1.807) is 7.11 Å². The molecule has 23 heavy (non-hydrogen) atoms. The first-order chi connectivity index (χ1) is 11.2. The van der Waals surface area contributed by atoms with Crippen LogP contribution in [0.25, 0.3) is 0 Å². The molecule has 2 rings (SSSR count). The van der Waals surface area contributed by atoms with E-state index in [0.29, 0.717) is 5.11 Å². The Morgan fingerprint density at radius 1 is 1.09 bits per heavy atom. The second-order valence-corrected chi connectivity index (χ2v) is 5.54. The highest BCUT2D eigenvalue weighted by Crippen LogP contribution is 2.14. The number of hydrazone groups is 1. The van der Waals surface area contributed by atoms with Gasteiger partial charge in [-0.25, -0.2) is 0 Å². The number of anilines is 1. The molecular weight excluding hydrogens is 306 g/mol. The van der Waals surface area contributed by atoms with Crippen LogP contribution in [0.4, 0.5) is 5.69 Å². The maximum absolute atomic E-state index is 5.23. The molecule has 0 bridgehead atoms. The fourth-order valence-electron chi connectivity index (χ4n) is 2.01. The molecule has 0 aliphatic heterocycles. The first-order valence-corrected chi connectivity index (χ1v) is 7.86. The molecule has 0 atom stereocenters. The average molecular weight is 327 g/mol. The van der Waals surface area contributed by atoms with Gasteiger partial charge in [-0.1, -0.05) is 30.3 Å². The zero-order valence-corrected chi connectivity index (χ0v) is 14.2. The van der Waals surface area contributed by atoms with E-state index < -0.39 is 0 Å². The van der Waals surface area contributed by atoms with E-state index in [1.807, 2.05) is 49.4 Å². The first kappa shape index (κ1) is 17.0. The van der Waals surface area contributed by atoms with E-state index in [4.69, 9.17) is 17.0 Å². The Balaban J connectivity index is 1.77. The molecular formula is C18H21N3OS. The lowest BCUT2D eigenvalue weighted by Gasteiger charge is -2.08. The van der Waals surface area contributed by atoms with Crippen molar-refractivity contribution in [1.29, 1.82) is 0 Å². The topological polar surface area (TPSA) is 45.6 Å². The largest absolute Gasteiger partial charge is 0.497 e. The van der Waals surface area contributed by atoms with Crippen LogP contribution in [-0.2, 0) is 6.42 Å². The van der Waals surface area contributed by atoms with E-state index in [1.165, 1.54) is 5.56 Å². The monoisotopic (exact) mass is 327 g/mol. The standard InChI is InChI=1S/C18H21N3OS/c1-14(8-9-15-6-4-3-5-7-15)20-21-18(23)19-16-10-12-17(22-2)13-11-16/h3-7,10-13H,8-9H2,1-2H3,(H2,19,21,23)/b20-14-. The van der Waals surface area contributed by atoms with Crippen LogP contribution in [0.15, 0.2) is 59.7 Å². The summed E-state index contributed by atoms with van der Waals surface area (Å²) in [5, 5.41) is 7.85. The van der Waals surface area contributed by atoms with E-state index in [9.17, 15) is 0 Å². The molecule has 2 N–H and O–H groups in total. The Bertz CT molecular complexity index is 654. The fourth-order valence-corrected chi connectivity index (χ4v) is 2.17. The number of hydrogen-bond donors (Lipinski definition) is 2. The second-order valence-electron chi connectivity index (χ2n) is 5.13. The Labute approximate surface area is 142 Å². The van der Waals surface area contributed by atoms with E-state index >= 15 is 0 Å². The summed E-state index contributed by atoms with van der Waals surface area (Å²) in [6.07, 6.45) is 1.86. The van der Waals surface area contributed by atoms with Gasteiger partial charge in [-0.2, -0.15) is 5.10 Å². The summed E-state index contributed by atoms with van der Waals surface area (Å²) in [6, 6.07) is 17.9. The van der Waals surface area contributed by atoms with Crippen LogP contribution in [0.2, 0.25) is 0 Å². The average Bonchev–Trinajstić information content (AvgIpc) is 2.60. The van der Waals surface area contributed by atoms with Crippen molar-refractivity contribution >= 4 is 28.7 Å². The van der Waals surface area contributed by atoms with Gasteiger partial charge in [-0.05, 0) is 61.8 Å². The van der Waals surface area contributed by atoms with Crippen LogP contribution in [0.3, 0.4) is 0 Å². The van der Waals surface area contributed by atoms with E-state index in [0.717, 1.165) is 30.0 Å². The summed E-state index contributed by atoms with van der Waals surface area (Å²) in [6.45, 7) is 1.99. The molecule has 0 heterocycles. The molecule has 5 heteroatoms. The quantitative estimate of drug-likeness (QED) is 0.478. The van der Waals surface area contributed by atoms with Crippen molar-refractivity contribution in [1.82, 2.24) is 5.43 Å². The van der Waals surface area contributed by atoms with E-state index in [2.05, 4.69) is 28.0 Å². The second kappa shape index (κ2) is 8.90. The number of aryl methyl sites for hydroxylation is 1. The fraction of sp³-hybridized carbons (Fsp3) is 0.222. The predicted octanol–water partition coefficient (Wildman–Crippen LogP) is 3.99. The third-order valence-electron chi connectivity index (χ3n) is 3.31. The molecule has 120 valence electrons. The normalized spacial score (nSPS) is 11.0. The molecule has 4 nitrogen and oxygen atoms in total. The van der Waals surface area contributed by atoms with Crippen molar-refractivity contribution in [2.24, 2.45) is 5.10 Å². The van der Waals surface area contributed by atoms with Gasteiger partial charge in [0.2, 0.25) is 0 Å². The zero-order chi connectivity index (χ0) is 16.5. The Hall–Kier alpha value is -2.40. The molecule has 0 saturated carbocycles. The van der Waals surface area contributed by atoms with Crippen LogP contribution < -0.4 is 15.5 Å². The molecule has 0 aromatic heterocycles. The van der Waals surface area contributed by atoms with Gasteiger partial charge in [0.25, 0.3) is 0 Å². The molecule has 0 saturated heterocycles. The lowest BCUT2D eigenvalue weighted by molar-refractivity contribution is 0.415. The van der Waals surface area contributed by atoms with Gasteiger partial charge in [-0.15, -0.1) is 0 Å². The molecule has 0 radical (unpaired) electrons. The number of ether oxygens (including phenoxy) is 1. The predicted molar refractivity (Wildman–Crippen MR) is 100 cm³/mol. The summed E-state index contributed by atoms with van der Waals surface area (Å²) in [5.74, 6) is 0.809. The molecule has 0 amide bonds. The van der Waals surface area contributed by atoms with Gasteiger partial charge in [0.15, 0.2) is 5.11 Å². The summed E-state index contributed by atoms with van der Waals surface area (Å²) in [4.78, 5) is 0. The molecule has 2 aromatic carbocycles. The molecule has 0 aliphatic carbocycles. The highest BCUT2D eigenvalue weighted by molar-refractivity contribution is 7.80. The smallest absolute Gasteiger partial charge is 0.191 e. The van der Waals surface area contributed by atoms with Crippen molar-refractivity contribution in [3.8, 4) is 5.75 Å². The maximum atomic E-state index is 5.23. The summed E-state index contributed by atoms with van der Waals surface area (Å²) in [5.41, 5.74) is 6.08. The number of rotatable bonds is 6. The minimum absolute atomic E-state index is 0.467. The van der Waals surface area contributed by atoms with Gasteiger partial charge < -0.3 is 10.1 Å². The van der Waals surface area contributed by atoms with Crippen molar-refractivity contribution in [2.75, 3.05) is 12.4 Å². The first-order valence-electron chi connectivity index (χ1n) is 7.45. The van der Waals surface area contributed by atoms with Gasteiger partial charge in [0, 0.05) is 11.4 Å². The van der Waals surface area contributed by atoms with Crippen molar-refractivity contribution < 1.29 is 4.74 Å². The molecule has 0 fully saturated rings. The van der Waals surface area contributed by atoms with Gasteiger partial charge in [0.05, 0.1) is 7.11 Å². The van der Waals surface area contributed by atoms with Crippen molar-refractivity contribution in [3.05, 3.63) is 60.2 Å². The lowest BCUT2D eigenvalue weighted by Crippen LogP contribution is -2.24. The Morgan fingerprint density at radius 2 is 1.78 bits per heavy atom. The molecule has 0 unspecified atom stereocenters. The number of methoxy groups -OCH3 is 1. The molecule has 2 aromatic rings. The summed E-state index contributed by atoms with van der Waals surface area (Å²) < 4.78 is 5.12. The lowest BCUT2D eigenvalue weighted by atomic mass is 10.1. The number of nitrogens with one attached hydrogen (secondary N) is 2. The maximum Gasteiger partial charge on any atom is 0.191 e. The number of thiocarbonyl (C=S) groups is 1. The van der Waals surface area contributed by atoms with Gasteiger partial charge in [0.1, 0.15) is 5.75 Å². The van der Waals surface area contributed by atoms with E-state index in [-0.39, 0.29) is 0 Å². The Kier molecular flexibility index (Phi) is 6.56. The number of nitrogens with zero attached hydrogens (tertiary/aromatic N) is 1. The minimum Gasteiger partial charge on any atom is -0.497 e. The van der Waals surface area contributed by atoms with Gasteiger partial charge >= 0.3 is 0 Å². The van der Waals surface area contributed by atoms with Gasteiger partial charge in [-0.3, -0.25) is 5.43 Å². The zero-order valence-electron chi connectivity index (χ0n) is 13.4. The highest BCUT2D eigenvalue weighted by Gasteiger charge is 1.99. The third kappa shape index (κ3) is 6.08. The van der Waals surface area contributed by atoms with Crippen molar-refractivity contribution in [3.63, 3.8) is 0 Å². The minimum atomic E-state index is 0.467. The van der Waals surface area contributed by atoms with Crippen LogP contribution in [-0.4, -0.2) is 17.9 Å². The SMILES string of the molecule is COc1ccc(NC(=S)N/N=C(/C)CCc2ccccc2)cc1. The van der Waals surface area contributed by atoms with Crippen LogP contribution in [0, 0.1) is 0 Å². The van der Waals surface area contributed by atoms with Crippen LogP contribution in [0.1, 0.15) is 18.9 Å². The summed E-state index contributed by atoms with van der Waals surface area (Å²) in [7, 11) is 1.64. The summed E-state index contributed by atoms with van der Waals surface area (Å²) >= 11 is 5.23. The number of benzene rings is 2. The number of hydrogen-bond acceptors (Lipinski definition) is 3. The Morgan fingerprint density at radius 3 is 2.43 bits per heavy atom. The van der Waals surface area contributed by atoms with Crippen molar-refractivity contribution in [2.45, 2.75) is 19.8 Å². The molecule has 0 spiro atoms. The van der Waals surface area contributed by atoms with Crippen LogP contribution in [0.5, 0.6) is 5.75 Å². The highest BCUT2D eigenvalue weighted by atomic mass is 32.1. The molecule has 0 aliphatic rings.